The topological polar surface area (TPSA) is 66.5 Å². The van der Waals surface area contributed by atoms with Gasteiger partial charge >= 0.3 is 0 Å². The second kappa shape index (κ2) is 3.95. The highest BCUT2D eigenvalue weighted by Crippen LogP contribution is 2.36. The van der Waals surface area contributed by atoms with Crippen molar-refractivity contribution in [1.82, 2.24) is 9.62 Å². The first-order chi connectivity index (χ1) is 7.76. The van der Waals surface area contributed by atoms with Crippen LogP contribution < -0.4 is 5.32 Å². The van der Waals surface area contributed by atoms with E-state index < -0.39 is 14.8 Å². The smallest absolute Gasteiger partial charge is 0.258 e. The van der Waals surface area contributed by atoms with Gasteiger partial charge in [0.25, 0.3) is 15.9 Å². The molecule has 98 valence electrons. The van der Waals surface area contributed by atoms with Crippen LogP contribution in [-0.4, -0.2) is 42.5 Å². The van der Waals surface area contributed by atoms with Gasteiger partial charge in [-0.15, -0.1) is 0 Å². The molecule has 6 heteroatoms. The van der Waals surface area contributed by atoms with Crippen LogP contribution in [0, 0.1) is 5.92 Å². The van der Waals surface area contributed by atoms with E-state index in [4.69, 9.17) is 0 Å². The summed E-state index contributed by atoms with van der Waals surface area (Å²) in [4.78, 5) is 11.8. The molecule has 5 nitrogen and oxygen atoms in total. The Morgan fingerprint density at radius 2 is 2.06 bits per heavy atom. The molecular weight excluding hydrogens is 240 g/mol. The zero-order valence-electron chi connectivity index (χ0n) is 10.6. The van der Waals surface area contributed by atoms with Crippen molar-refractivity contribution in [3.63, 3.8) is 0 Å². The monoisotopic (exact) mass is 260 g/mol. The van der Waals surface area contributed by atoms with Crippen molar-refractivity contribution in [3.8, 4) is 0 Å². The molecule has 2 saturated heterocycles. The summed E-state index contributed by atoms with van der Waals surface area (Å²) < 4.78 is 23.6. The molecule has 1 amide bonds. The molecule has 0 aromatic rings. The van der Waals surface area contributed by atoms with E-state index >= 15 is 0 Å². The second-order valence-corrected chi connectivity index (χ2v) is 8.02. The van der Waals surface area contributed by atoms with Crippen LogP contribution in [0.4, 0.5) is 0 Å². The van der Waals surface area contributed by atoms with Crippen molar-refractivity contribution in [1.29, 1.82) is 0 Å². The summed E-state index contributed by atoms with van der Waals surface area (Å²) in [5.74, 6) is -0.0165. The maximum Gasteiger partial charge on any atom is 0.258 e. The quantitative estimate of drug-likeness (QED) is 0.777. The summed E-state index contributed by atoms with van der Waals surface area (Å²) in [6.07, 6.45) is 2.02. The van der Waals surface area contributed by atoms with E-state index in [1.54, 1.807) is 0 Å². The fourth-order valence-electron chi connectivity index (χ4n) is 2.39. The molecule has 2 aliphatic heterocycles. The van der Waals surface area contributed by atoms with Crippen LogP contribution in [0.15, 0.2) is 0 Å². The van der Waals surface area contributed by atoms with Gasteiger partial charge in [-0.25, -0.2) is 12.7 Å². The number of carbonyl (C=O) groups is 1. The van der Waals surface area contributed by atoms with Crippen LogP contribution in [0.5, 0.6) is 0 Å². The third-order valence-electron chi connectivity index (χ3n) is 3.86. The Morgan fingerprint density at radius 3 is 2.53 bits per heavy atom. The second-order valence-electron chi connectivity index (χ2n) is 5.60. The Morgan fingerprint density at radius 1 is 1.41 bits per heavy atom. The predicted octanol–water partition coefficient (Wildman–Crippen LogP) is 0.325. The number of nitrogens with zero attached hydrogens (tertiary/aromatic N) is 1. The minimum absolute atomic E-state index is 0.251. The summed E-state index contributed by atoms with van der Waals surface area (Å²) in [5.41, 5.74) is 0. The highest BCUT2D eigenvalue weighted by atomic mass is 32.2. The fraction of sp³-hybridized carbons (Fsp3) is 0.909. The molecule has 0 aliphatic carbocycles. The van der Waals surface area contributed by atoms with E-state index in [9.17, 15) is 13.2 Å². The number of amides is 1. The van der Waals surface area contributed by atoms with Crippen molar-refractivity contribution in [2.45, 2.75) is 44.4 Å². The van der Waals surface area contributed by atoms with Crippen molar-refractivity contribution in [2.24, 2.45) is 5.92 Å². The molecule has 2 aliphatic rings. The Labute approximate surface area is 103 Å². The van der Waals surface area contributed by atoms with Gasteiger partial charge < -0.3 is 5.32 Å². The van der Waals surface area contributed by atoms with Gasteiger partial charge in [0.15, 0.2) is 4.75 Å². The molecule has 2 unspecified atom stereocenters. The van der Waals surface area contributed by atoms with Gasteiger partial charge in [0.05, 0.1) is 0 Å². The number of carbonyl (C=O) groups excluding carboxylic acids is 1. The van der Waals surface area contributed by atoms with Crippen molar-refractivity contribution < 1.29 is 13.2 Å². The van der Waals surface area contributed by atoms with Gasteiger partial charge in [-0.2, -0.15) is 0 Å². The third kappa shape index (κ3) is 1.87. The maximum atomic E-state index is 11.9. The third-order valence-corrected chi connectivity index (χ3v) is 6.22. The first kappa shape index (κ1) is 12.8. The van der Waals surface area contributed by atoms with E-state index in [0.29, 0.717) is 12.6 Å². The molecule has 2 atom stereocenters. The first-order valence-corrected chi connectivity index (χ1v) is 7.51. The molecule has 17 heavy (non-hydrogen) atoms. The standard InChI is InChI=1S/C11H20N2O3S/c1-8-4-5-9(6-12-8)7-13-10(14)11(2,3)17(13,15)16/h8-9,12H,4-7H2,1-3H3. The Hall–Kier alpha value is -0.620. The first-order valence-electron chi connectivity index (χ1n) is 6.07. The number of hydrogen-bond donors (Lipinski definition) is 1. The summed E-state index contributed by atoms with van der Waals surface area (Å²) in [7, 11) is -3.41. The number of hydrogen-bond acceptors (Lipinski definition) is 4. The Bertz CT molecular complexity index is 422. The largest absolute Gasteiger partial charge is 0.314 e. The van der Waals surface area contributed by atoms with Crippen molar-refractivity contribution >= 4 is 15.9 Å². The van der Waals surface area contributed by atoms with Crippen LogP contribution >= 0.6 is 0 Å². The number of sulfonamides is 1. The van der Waals surface area contributed by atoms with Crippen LogP contribution in [-0.2, 0) is 14.8 Å². The Balaban J connectivity index is 2.00. The molecular formula is C11H20N2O3S. The SMILES string of the molecule is CC1CCC(CN2C(=O)C(C)(C)S2(=O)=O)CN1. The zero-order chi connectivity index (χ0) is 12.8. The molecule has 2 rings (SSSR count). The van der Waals surface area contributed by atoms with Crippen LogP contribution in [0.2, 0.25) is 0 Å². The summed E-state index contributed by atoms with van der Waals surface area (Å²) in [6, 6.07) is 0.492. The average molecular weight is 260 g/mol. The van der Waals surface area contributed by atoms with E-state index in [1.807, 2.05) is 0 Å². The molecule has 0 spiro atoms. The van der Waals surface area contributed by atoms with Crippen LogP contribution in [0.1, 0.15) is 33.6 Å². The normalized spacial score (nSPS) is 35.5. The Kier molecular flexibility index (Phi) is 2.98. The highest BCUT2D eigenvalue weighted by molar-refractivity contribution is 7.94. The van der Waals surface area contributed by atoms with E-state index in [2.05, 4.69) is 12.2 Å². The molecule has 1 N–H and O–H groups in total. The lowest BCUT2D eigenvalue weighted by Gasteiger charge is -2.45. The molecule has 0 bridgehead atoms. The average Bonchev–Trinajstić information content (AvgIpc) is 2.27. The predicted molar refractivity (Wildman–Crippen MR) is 64.9 cm³/mol. The lowest BCUT2D eigenvalue weighted by atomic mass is 9.95. The lowest BCUT2D eigenvalue weighted by molar-refractivity contribution is -0.132. The fourth-order valence-corrected chi connectivity index (χ4v) is 3.99. The van der Waals surface area contributed by atoms with Crippen molar-refractivity contribution in [2.75, 3.05) is 13.1 Å². The van der Waals surface area contributed by atoms with Crippen LogP contribution in [0.3, 0.4) is 0 Å². The van der Waals surface area contributed by atoms with Gasteiger partial charge in [-0.05, 0) is 46.1 Å². The summed E-state index contributed by atoms with van der Waals surface area (Å²) >= 11 is 0. The molecule has 0 radical (unpaired) electrons. The van der Waals surface area contributed by atoms with Gasteiger partial charge in [-0.3, -0.25) is 4.79 Å². The summed E-state index contributed by atoms with van der Waals surface area (Å²) in [6.45, 7) is 6.20. The highest BCUT2D eigenvalue weighted by Gasteiger charge is 2.60. The summed E-state index contributed by atoms with van der Waals surface area (Å²) in [5, 5.41) is 3.32. The zero-order valence-corrected chi connectivity index (χ0v) is 11.4. The maximum absolute atomic E-state index is 11.9. The molecule has 0 aromatic heterocycles. The van der Waals surface area contributed by atoms with Crippen LogP contribution in [0.25, 0.3) is 0 Å². The minimum atomic E-state index is -3.41. The van der Waals surface area contributed by atoms with Crippen molar-refractivity contribution in [3.05, 3.63) is 0 Å². The molecule has 2 heterocycles. The van der Waals surface area contributed by atoms with Gasteiger partial charge in [0, 0.05) is 12.6 Å². The van der Waals surface area contributed by atoms with Gasteiger partial charge in [0.1, 0.15) is 0 Å². The van der Waals surface area contributed by atoms with E-state index in [1.165, 1.54) is 13.8 Å². The number of rotatable bonds is 2. The lowest BCUT2D eigenvalue weighted by Crippen LogP contribution is -2.68. The van der Waals surface area contributed by atoms with Gasteiger partial charge in [-0.1, -0.05) is 0 Å². The van der Waals surface area contributed by atoms with Gasteiger partial charge in [0.2, 0.25) is 0 Å². The molecule has 2 fully saturated rings. The molecule has 0 saturated carbocycles. The van der Waals surface area contributed by atoms with E-state index in [0.717, 1.165) is 23.7 Å². The minimum Gasteiger partial charge on any atom is -0.314 e. The molecule has 0 aromatic carbocycles. The number of nitrogens with one attached hydrogen (secondary N) is 1. The van der Waals surface area contributed by atoms with E-state index in [-0.39, 0.29) is 11.8 Å². The number of piperidine rings is 1.